The predicted molar refractivity (Wildman–Crippen MR) is 83.4 cm³/mol. The number of hydrogen-bond acceptors (Lipinski definition) is 3. The van der Waals surface area contributed by atoms with Crippen molar-refractivity contribution in [3.8, 4) is 0 Å². The normalized spacial score (nSPS) is 11.3. The minimum Gasteiger partial charge on any atom is -0.308 e. The molecule has 23 heavy (non-hydrogen) atoms. The van der Waals surface area contributed by atoms with Crippen LogP contribution in [-0.4, -0.2) is 18.7 Å². The largest absolute Gasteiger partial charge is 0.332 e. The maximum Gasteiger partial charge on any atom is 0.332 e. The quantitative estimate of drug-likeness (QED) is 0.629. The number of rotatable bonds is 2. The number of imidazole rings is 1. The van der Waals surface area contributed by atoms with E-state index in [1.54, 1.807) is 0 Å². The lowest BCUT2D eigenvalue weighted by molar-refractivity contribution is 0.577. The maximum atomic E-state index is 13.3. The van der Waals surface area contributed by atoms with Gasteiger partial charge in [-0.05, 0) is 33.6 Å². The Morgan fingerprint density at radius 1 is 1.09 bits per heavy atom. The Labute approximate surface area is 136 Å². The highest BCUT2D eigenvalue weighted by molar-refractivity contribution is 9.10. The van der Waals surface area contributed by atoms with Crippen LogP contribution in [0.2, 0.25) is 0 Å². The van der Waals surface area contributed by atoms with Gasteiger partial charge in [0, 0.05) is 20.2 Å². The molecule has 0 aliphatic carbocycles. The molecule has 0 atom stereocenters. The number of fused-ring (bicyclic) bond motifs is 1. The summed E-state index contributed by atoms with van der Waals surface area (Å²) in [5, 5.41) is 0. The number of benzene rings is 1. The number of aryl methyl sites for hydroxylation is 1. The Morgan fingerprint density at radius 3 is 2.30 bits per heavy atom. The van der Waals surface area contributed by atoms with E-state index < -0.39 is 22.9 Å². The molecule has 0 radical (unpaired) electrons. The molecule has 2 heterocycles. The van der Waals surface area contributed by atoms with Gasteiger partial charge in [0.05, 0.1) is 6.54 Å². The van der Waals surface area contributed by atoms with E-state index in [-0.39, 0.29) is 22.4 Å². The molecule has 0 aliphatic heterocycles. The molecule has 3 rings (SSSR count). The SMILES string of the molecule is Cn1c(=O)c2c(nc(Br)n2Cc2cc(F)cc(F)c2)n(C)c1=O. The van der Waals surface area contributed by atoms with Crippen molar-refractivity contribution in [2.75, 3.05) is 0 Å². The lowest BCUT2D eigenvalue weighted by Crippen LogP contribution is -2.37. The van der Waals surface area contributed by atoms with E-state index in [0.29, 0.717) is 5.56 Å². The van der Waals surface area contributed by atoms with Crippen LogP contribution in [0.3, 0.4) is 0 Å². The summed E-state index contributed by atoms with van der Waals surface area (Å²) in [6, 6.07) is 3.12. The third-order valence-electron chi connectivity index (χ3n) is 3.56. The predicted octanol–water partition coefficient (Wildman–Crippen LogP) is 1.52. The van der Waals surface area contributed by atoms with Crippen LogP contribution in [0.15, 0.2) is 32.5 Å². The van der Waals surface area contributed by atoms with E-state index in [1.807, 2.05) is 0 Å². The summed E-state index contributed by atoms with van der Waals surface area (Å²) < 4.78 is 30.6. The van der Waals surface area contributed by atoms with Gasteiger partial charge < -0.3 is 4.57 Å². The van der Waals surface area contributed by atoms with E-state index in [1.165, 1.54) is 35.4 Å². The topological polar surface area (TPSA) is 61.8 Å². The molecule has 0 fully saturated rings. The Morgan fingerprint density at radius 2 is 1.70 bits per heavy atom. The highest BCUT2D eigenvalue weighted by Crippen LogP contribution is 2.19. The fourth-order valence-electron chi connectivity index (χ4n) is 2.45. The molecule has 0 saturated heterocycles. The van der Waals surface area contributed by atoms with Gasteiger partial charge in [0.15, 0.2) is 15.9 Å². The highest BCUT2D eigenvalue weighted by atomic mass is 79.9. The van der Waals surface area contributed by atoms with Crippen molar-refractivity contribution >= 4 is 27.1 Å². The second-order valence-corrected chi connectivity index (χ2v) is 5.83. The van der Waals surface area contributed by atoms with E-state index >= 15 is 0 Å². The molecule has 0 unspecified atom stereocenters. The van der Waals surface area contributed by atoms with Gasteiger partial charge >= 0.3 is 5.69 Å². The number of nitrogens with zero attached hydrogens (tertiary/aromatic N) is 4. The zero-order valence-electron chi connectivity index (χ0n) is 12.2. The third kappa shape index (κ3) is 2.50. The molecule has 0 bridgehead atoms. The molecule has 9 heteroatoms. The first-order valence-electron chi connectivity index (χ1n) is 6.56. The zero-order valence-corrected chi connectivity index (χ0v) is 13.8. The van der Waals surface area contributed by atoms with Gasteiger partial charge in [-0.3, -0.25) is 13.9 Å². The molecule has 120 valence electrons. The molecule has 2 aromatic heterocycles. The van der Waals surface area contributed by atoms with Gasteiger partial charge in [-0.25, -0.2) is 18.6 Å². The molecule has 0 amide bonds. The Bertz CT molecular complexity index is 1030. The Hall–Kier alpha value is -2.29. The Kier molecular flexibility index (Phi) is 3.67. The number of halogens is 3. The molecule has 3 aromatic rings. The average Bonchev–Trinajstić information content (AvgIpc) is 2.79. The van der Waals surface area contributed by atoms with Crippen LogP contribution in [0, 0.1) is 11.6 Å². The smallest absolute Gasteiger partial charge is 0.308 e. The fourth-order valence-corrected chi connectivity index (χ4v) is 2.92. The van der Waals surface area contributed by atoms with Gasteiger partial charge in [0.25, 0.3) is 5.56 Å². The fraction of sp³-hybridized carbons (Fsp3) is 0.214. The van der Waals surface area contributed by atoms with Crippen molar-refractivity contribution in [1.29, 1.82) is 0 Å². The van der Waals surface area contributed by atoms with Gasteiger partial charge in [-0.2, -0.15) is 0 Å². The second kappa shape index (κ2) is 5.41. The Balaban J connectivity index is 2.28. The minimum atomic E-state index is -0.708. The van der Waals surface area contributed by atoms with E-state index in [2.05, 4.69) is 20.9 Å². The second-order valence-electron chi connectivity index (χ2n) is 5.12. The van der Waals surface area contributed by atoms with Crippen molar-refractivity contribution in [2.24, 2.45) is 14.1 Å². The third-order valence-corrected chi connectivity index (χ3v) is 4.17. The highest BCUT2D eigenvalue weighted by Gasteiger charge is 2.18. The van der Waals surface area contributed by atoms with Gasteiger partial charge in [0.1, 0.15) is 11.6 Å². The molecule has 6 nitrogen and oxygen atoms in total. The van der Waals surface area contributed by atoms with Crippen LogP contribution in [-0.2, 0) is 20.6 Å². The van der Waals surface area contributed by atoms with Crippen LogP contribution in [0.25, 0.3) is 11.2 Å². The van der Waals surface area contributed by atoms with Gasteiger partial charge in [0.2, 0.25) is 0 Å². The van der Waals surface area contributed by atoms with Crippen molar-refractivity contribution in [3.63, 3.8) is 0 Å². The minimum absolute atomic E-state index is 0.0270. The summed E-state index contributed by atoms with van der Waals surface area (Å²) in [6.07, 6.45) is 0. The molecular formula is C14H11BrF2N4O2. The monoisotopic (exact) mass is 384 g/mol. The molecule has 0 saturated carbocycles. The first-order chi connectivity index (χ1) is 10.8. The summed E-state index contributed by atoms with van der Waals surface area (Å²) in [7, 11) is 2.85. The van der Waals surface area contributed by atoms with Crippen LogP contribution in [0.1, 0.15) is 5.56 Å². The lowest BCUT2D eigenvalue weighted by Gasteiger charge is -2.08. The molecule has 1 aromatic carbocycles. The number of aromatic nitrogens is 4. The van der Waals surface area contributed by atoms with Crippen LogP contribution >= 0.6 is 15.9 Å². The summed E-state index contributed by atoms with van der Waals surface area (Å²) in [6.45, 7) is 0.0270. The molecule has 0 spiro atoms. The summed E-state index contributed by atoms with van der Waals surface area (Å²) in [4.78, 5) is 28.5. The van der Waals surface area contributed by atoms with Crippen molar-refractivity contribution in [2.45, 2.75) is 6.54 Å². The summed E-state index contributed by atoms with van der Waals surface area (Å²) in [5.41, 5.74) is -0.332. The van der Waals surface area contributed by atoms with Crippen molar-refractivity contribution in [3.05, 3.63) is 61.0 Å². The van der Waals surface area contributed by atoms with Gasteiger partial charge in [-0.1, -0.05) is 0 Å². The first-order valence-corrected chi connectivity index (χ1v) is 7.35. The molecular weight excluding hydrogens is 374 g/mol. The van der Waals surface area contributed by atoms with E-state index in [9.17, 15) is 18.4 Å². The molecule has 0 N–H and O–H groups in total. The number of hydrogen-bond donors (Lipinski definition) is 0. The first kappa shape index (κ1) is 15.6. The van der Waals surface area contributed by atoms with Crippen molar-refractivity contribution < 1.29 is 8.78 Å². The van der Waals surface area contributed by atoms with E-state index in [0.717, 1.165) is 10.6 Å². The van der Waals surface area contributed by atoms with Crippen LogP contribution < -0.4 is 11.2 Å². The average molecular weight is 385 g/mol. The van der Waals surface area contributed by atoms with E-state index in [4.69, 9.17) is 0 Å². The van der Waals surface area contributed by atoms with Crippen molar-refractivity contribution in [1.82, 2.24) is 18.7 Å². The summed E-state index contributed by atoms with van der Waals surface area (Å²) >= 11 is 3.22. The standard InChI is InChI=1S/C14H11BrF2N4O2/c1-19-11-10(12(22)20(2)14(19)23)21(13(15)18-11)6-7-3-8(16)5-9(17)4-7/h3-5H,6H2,1-2H3. The van der Waals surface area contributed by atoms with Crippen LogP contribution in [0.4, 0.5) is 8.78 Å². The zero-order chi connectivity index (χ0) is 16.9. The molecule has 0 aliphatic rings. The van der Waals surface area contributed by atoms with Crippen LogP contribution in [0.5, 0.6) is 0 Å². The lowest BCUT2D eigenvalue weighted by atomic mass is 10.2. The van der Waals surface area contributed by atoms with Gasteiger partial charge in [-0.15, -0.1) is 0 Å². The summed E-state index contributed by atoms with van der Waals surface area (Å²) in [5.74, 6) is -1.42. The maximum absolute atomic E-state index is 13.3.